The highest BCUT2D eigenvalue weighted by Gasteiger charge is 2.11. The van der Waals surface area contributed by atoms with Crippen LogP contribution in [0.5, 0.6) is 0 Å². The van der Waals surface area contributed by atoms with Crippen molar-refractivity contribution in [2.24, 2.45) is 0 Å². The fourth-order valence-corrected chi connectivity index (χ4v) is 2.08. The molecule has 1 aromatic carbocycles. The molecular formula is C12H15N6O+. The summed E-state index contributed by atoms with van der Waals surface area (Å²) in [6.07, 6.45) is 0. The number of benzene rings is 1. The Kier molecular flexibility index (Phi) is 2.59. The predicted molar refractivity (Wildman–Crippen MR) is 74.5 cm³/mol. The van der Waals surface area contributed by atoms with E-state index >= 15 is 0 Å². The molecule has 0 aliphatic rings. The van der Waals surface area contributed by atoms with E-state index in [1.54, 1.807) is 13.1 Å². The van der Waals surface area contributed by atoms with E-state index < -0.39 is 0 Å². The summed E-state index contributed by atoms with van der Waals surface area (Å²) in [5.74, 6) is 1.28. The standard InChI is InChI=1S/C12H14N6O/c1-3-14-12-15-7-5-9-8(16-11(13-2)17-9)4-6(7)10(19)18-12/h4-5H,3H2,1-2H3,(H2,13,16,17)(H2,14,15,18,19)/p+1. The SMILES string of the molecule is CCNc1[nH]c(=O)c2cc3[nH]c(NC)nc3cc2[nH+]1. The molecule has 0 unspecified atom stereocenters. The molecular weight excluding hydrogens is 244 g/mol. The molecule has 0 saturated heterocycles. The fraction of sp³-hybridized carbons (Fsp3) is 0.250. The normalized spacial score (nSPS) is 11.1. The number of aromatic nitrogens is 4. The largest absolute Gasteiger partial charge is 0.359 e. The summed E-state index contributed by atoms with van der Waals surface area (Å²) in [5, 5.41) is 6.59. The number of anilines is 2. The lowest BCUT2D eigenvalue weighted by Crippen LogP contribution is -2.23. The van der Waals surface area contributed by atoms with E-state index in [9.17, 15) is 4.79 Å². The van der Waals surface area contributed by atoms with Crippen LogP contribution in [0.1, 0.15) is 6.92 Å². The number of fused-ring (bicyclic) bond motifs is 2. The number of imidazole rings is 1. The molecule has 0 atom stereocenters. The summed E-state index contributed by atoms with van der Waals surface area (Å²) >= 11 is 0. The second-order valence-electron chi connectivity index (χ2n) is 4.23. The minimum absolute atomic E-state index is 0.132. The Bertz CT molecular complexity index is 803. The molecule has 2 heterocycles. The van der Waals surface area contributed by atoms with Gasteiger partial charge in [-0.2, -0.15) is 0 Å². The number of hydrogen-bond donors (Lipinski definition) is 4. The molecule has 0 aliphatic carbocycles. The van der Waals surface area contributed by atoms with Gasteiger partial charge in [-0.3, -0.25) is 10.1 Å². The van der Waals surface area contributed by atoms with Gasteiger partial charge >= 0.3 is 11.5 Å². The van der Waals surface area contributed by atoms with E-state index in [-0.39, 0.29) is 5.56 Å². The first-order chi connectivity index (χ1) is 9.21. The summed E-state index contributed by atoms with van der Waals surface area (Å²) in [6, 6.07) is 3.65. The maximum absolute atomic E-state index is 12.0. The van der Waals surface area contributed by atoms with Gasteiger partial charge in [0.1, 0.15) is 5.52 Å². The second kappa shape index (κ2) is 4.27. The Morgan fingerprint density at radius 1 is 1.37 bits per heavy atom. The molecule has 0 spiro atoms. The van der Waals surface area contributed by atoms with Crippen molar-refractivity contribution in [2.75, 3.05) is 24.2 Å². The molecule has 5 N–H and O–H groups in total. The molecule has 3 rings (SSSR count). The lowest BCUT2D eigenvalue weighted by molar-refractivity contribution is -0.331. The van der Waals surface area contributed by atoms with Gasteiger partial charge in [-0.05, 0) is 13.0 Å². The van der Waals surface area contributed by atoms with Gasteiger partial charge in [0.2, 0.25) is 5.95 Å². The first-order valence-corrected chi connectivity index (χ1v) is 6.12. The van der Waals surface area contributed by atoms with Crippen molar-refractivity contribution in [3.63, 3.8) is 0 Å². The monoisotopic (exact) mass is 259 g/mol. The van der Waals surface area contributed by atoms with Gasteiger partial charge in [-0.25, -0.2) is 15.0 Å². The van der Waals surface area contributed by atoms with Crippen LogP contribution in [-0.2, 0) is 0 Å². The van der Waals surface area contributed by atoms with Gasteiger partial charge in [0.05, 0.1) is 23.0 Å². The topological polar surface area (TPSA) is 99.7 Å². The average molecular weight is 259 g/mol. The molecule has 98 valence electrons. The molecule has 0 bridgehead atoms. The fourth-order valence-electron chi connectivity index (χ4n) is 2.08. The van der Waals surface area contributed by atoms with E-state index in [2.05, 4.69) is 30.6 Å². The number of aromatic amines is 3. The number of rotatable bonds is 3. The third-order valence-electron chi connectivity index (χ3n) is 2.95. The summed E-state index contributed by atoms with van der Waals surface area (Å²) in [5.41, 5.74) is 2.25. The Balaban J connectivity index is 2.29. The summed E-state index contributed by atoms with van der Waals surface area (Å²) < 4.78 is 0. The van der Waals surface area contributed by atoms with Crippen molar-refractivity contribution in [3.05, 3.63) is 22.5 Å². The quantitative estimate of drug-likeness (QED) is 0.556. The van der Waals surface area contributed by atoms with Crippen molar-refractivity contribution >= 4 is 33.8 Å². The maximum Gasteiger partial charge on any atom is 0.355 e. The minimum atomic E-state index is -0.132. The zero-order valence-corrected chi connectivity index (χ0v) is 10.7. The lowest BCUT2D eigenvalue weighted by Gasteiger charge is -1.98. The van der Waals surface area contributed by atoms with E-state index in [4.69, 9.17) is 0 Å². The van der Waals surface area contributed by atoms with E-state index in [1.165, 1.54) is 0 Å². The summed E-state index contributed by atoms with van der Waals surface area (Å²) in [6.45, 7) is 2.69. The Morgan fingerprint density at radius 3 is 2.95 bits per heavy atom. The second-order valence-corrected chi connectivity index (χ2v) is 4.23. The maximum atomic E-state index is 12.0. The molecule has 3 aromatic rings. The number of nitrogens with one attached hydrogen (secondary N) is 5. The van der Waals surface area contributed by atoms with Crippen LogP contribution in [0.15, 0.2) is 16.9 Å². The van der Waals surface area contributed by atoms with Crippen LogP contribution in [0.3, 0.4) is 0 Å². The van der Waals surface area contributed by atoms with Crippen LogP contribution in [-0.4, -0.2) is 28.5 Å². The van der Waals surface area contributed by atoms with Crippen LogP contribution in [0, 0.1) is 0 Å². The number of H-pyrrole nitrogens is 3. The molecule has 7 nitrogen and oxygen atoms in total. The van der Waals surface area contributed by atoms with Crippen molar-refractivity contribution < 1.29 is 4.98 Å². The zero-order valence-electron chi connectivity index (χ0n) is 10.7. The predicted octanol–water partition coefficient (Wildman–Crippen LogP) is 0.692. The van der Waals surface area contributed by atoms with Gasteiger partial charge in [0.15, 0.2) is 0 Å². The summed E-state index contributed by atoms with van der Waals surface area (Å²) in [7, 11) is 1.79. The molecule has 0 saturated carbocycles. The van der Waals surface area contributed by atoms with Gasteiger partial charge in [0, 0.05) is 13.1 Å². The smallest absolute Gasteiger partial charge is 0.355 e. The summed E-state index contributed by atoms with van der Waals surface area (Å²) in [4.78, 5) is 25.4. The number of hydrogen-bond acceptors (Lipinski definition) is 4. The molecule has 7 heteroatoms. The number of nitrogens with zero attached hydrogens (tertiary/aromatic N) is 1. The minimum Gasteiger partial charge on any atom is -0.359 e. The Labute approximate surface area is 108 Å². The van der Waals surface area contributed by atoms with Crippen LogP contribution in [0.4, 0.5) is 11.9 Å². The highest BCUT2D eigenvalue weighted by molar-refractivity contribution is 5.92. The van der Waals surface area contributed by atoms with Crippen molar-refractivity contribution in [3.8, 4) is 0 Å². The van der Waals surface area contributed by atoms with E-state index in [0.29, 0.717) is 17.3 Å². The van der Waals surface area contributed by atoms with Gasteiger partial charge in [0.25, 0.3) is 0 Å². The van der Waals surface area contributed by atoms with Crippen molar-refractivity contribution in [2.45, 2.75) is 6.92 Å². The first kappa shape index (κ1) is 11.5. The molecule has 0 fully saturated rings. The third kappa shape index (κ3) is 1.88. The first-order valence-electron chi connectivity index (χ1n) is 6.12. The van der Waals surface area contributed by atoms with E-state index in [1.807, 2.05) is 13.0 Å². The van der Waals surface area contributed by atoms with Crippen LogP contribution in [0.25, 0.3) is 21.9 Å². The third-order valence-corrected chi connectivity index (χ3v) is 2.95. The molecule has 2 aromatic heterocycles. The molecule has 19 heavy (non-hydrogen) atoms. The van der Waals surface area contributed by atoms with E-state index in [0.717, 1.165) is 23.1 Å². The highest BCUT2D eigenvalue weighted by Crippen LogP contribution is 2.18. The zero-order chi connectivity index (χ0) is 13.4. The van der Waals surface area contributed by atoms with Crippen molar-refractivity contribution in [1.82, 2.24) is 15.0 Å². The van der Waals surface area contributed by atoms with Gasteiger partial charge in [-0.1, -0.05) is 0 Å². The lowest BCUT2D eigenvalue weighted by atomic mass is 10.2. The average Bonchev–Trinajstić information content (AvgIpc) is 2.79. The van der Waals surface area contributed by atoms with Gasteiger partial charge in [-0.15, -0.1) is 0 Å². The highest BCUT2D eigenvalue weighted by atomic mass is 16.1. The molecule has 0 aliphatic heterocycles. The molecule has 0 amide bonds. The van der Waals surface area contributed by atoms with Crippen molar-refractivity contribution in [1.29, 1.82) is 0 Å². The van der Waals surface area contributed by atoms with Gasteiger partial charge < -0.3 is 10.3 Å². The Morgan fingerprint density at radius 2 is 2.21 bits per heavy atom. The Hall–Kier alpha value is -2.57. The van der Waals surface area contributed by atoms with Crippen LogP contribution in [0.2, 0.25) is 0 Å². The molecule has 0 radical (unpaired) electrons. The van der Waals surface area contributed by atoms with Crippen LogP contribution >= 0.6 is 0 Å². The van der Waals surface area contributed by atoms with Crippen LogP contribution < -0.4 is 21.2 Å².